The molecule has 10 N–H and O–H groups in total. The lowest BCUT2D eigenvalue weighted by Gasteiger charge is -2.16. The molecular weight excluding hydrogens is 464 g/mol. The zero-order valence-corrected chi connectivity index (χ0v) is 17.3. The van der Waals surface area contributed by atoms with Crippen LogP contribution in [0.4, 0.5) is 5.95 Å². The van der Waals surface area contributed by atoms with Gasteiger partial charge in [0.2, 0.25) is 11.8 Å². The Morgan fingerprint density at radius 3 is 1.97 bits per heavy atom. The lowest BCUT2D eigenvalue weighted by Crippen LogP contribution is -2.36. The molecule has 2 aromatic rings. The topological polar surface area (TPSA) is 287 Å². The van der Waals surface area contributed by atoms with Gasteiger partial charge in [0.1, 0.15) is 49.3 Å². The number of primary amides is 1. The minimum Gasteiger partial charge on any atom is -0.394 e. The van der Waals surface area contributed by atoms with Gasteiger partial charge in [0, 0.05) is 0 Å². The average molecular weight is 488 g/mol. The lowest BCUT2D eigenvalue weighted by molar-refractivity contribution is -0.0588. The largest absolute Gasteiger partial charge is 0.394 e. The zero-order valence-electron chi connectivity index (χ0n) is 17.3. The Bertz CT molecular complexity index is 1050. The van der Waals surface area contributed by atoms with E-state index in [1.807, 2.05) is 0 Å². The highest BCUT2D eigenvalue weighted by molar-refractivity contribution is 5.88. The van der Waals surface area contributed by atoms with Gasteiger partial charge in [-0.2, -0.15) is 4.98 Å². The van der Waals surface area contributed by atoms with Crippen LogP contribution in [0.15, 0.2) is 17.4 Å². The van der Waals surface area contributed by atoms with E-state index in [0.717, 1.165) is 21.9 Å². The Labute approximate surface area is 189 Å². The Hall–Kier alpha value is -3.10. The number of ether oxygens (including phenoxy) is 2. The normalized spacial score (nSPS) is 32.9. The minimum atomic E-state index is -1.35. The third-order valence-corrected chi connectivity index (χ3v) is 5.04. The number of carbonyl (C=O) groups excluding carboxylic acids is 1. The van der Waals surface area contributed by atoms with E-state index in [1.165, 1.54) is 0 Å². The molecule has 0 aromatic carbocycles. The van der Waals surface area contributed by atoms with E-state index in [9.17, 15) is 30.0 Å². The summed E-state index contributed by atoms with van der Waals surface area (Å²) in [5.41, 5.74) is 9.43. The van der Waals surface area contributed by atoms with Gasteiger partial charge in [-0.1, -0.05) is 0 Å². The van der Waals surface area contributed by atoms with Gasteiger partial charge in [0.15, 0.2) is 12.5 Å². The molecular formula is C16H24N8O10. The fourth-order valence-corrected chi connectivity index (χ4v) is 3.25. The quantitative estimate of drug-likeness (QED) is 0.194. The lowest BCUT2D eigenvalue weighted by atomic mass is 10.1. The molecule has 1 amide bonds. The Morgan fingerprint density at radius 2 is 1.50 bits per heavy atom. The van der Waals surface area contributed by atoms with Crippen LogP contribution in [-0.2, 0) is 9.47 Å². The standard InChI is InChI=1S/2C8H12N4O5/c9-6(16)7-10-2-12(11-7)8-5(15)4(14)3(1-13)17-8;9-7-10-2-12(8(16)11-7)6-5(15)4(14)3(1-13)17-6/h2-5,8,13-15H,1H2,(H2,9,16);2-6,13-15H,1H2,(H2,9,11,16)/t3-,4-,5-,8-;3-,4-,5-,6-/m11/s1. The number of anilines is 1. The number of aliphatic hydroxyl groups excluding tert-OH is 6. The van der Waals surface area contributed by atoms with Crippen molar-refractivity contribution in [3.05, 3.63) is 29.0 Å². The van der Waals surface area contributed by atoms with Crippen LogP contribution in [-0.4, -0.2) is 116 Å². The highest BCUT2D eigenvalue weighted by atomic mass is 16.6. The van der Waals surface area contributed by atoms with Crippen LogP contribution >= 0.6 is 0 Å². The summed E-state index contributed by atoms with van der Waals surface area (Å²) in [5, 5.41) is 59.9. The average Bonchev–Trinajstić information content (AvgIpc) is 3.47. The molecule has 4 heterocycles. The van der Waals surface area contributed by atoms with E-state index in [2.05, 4.69) is 20.1 Å². The van der Waals surface area contributed by atoms with Crippen molar-refractivity contribution in [2.24, 2.45) is 5.73 Å². The molecule has 34 heavy (non-hydrogen) atoms. The van der Waals surface area contributed by atoms with Crippen LogP contribution in [0.3, 0.4) is 0 Å². The first kappa shape index (κ1) is 25.5. The summed E-state index contributed by atoms with van der Waals surface area (Å²) < 4.78 is 12.3. The van der Waals surface area contributed by atoms with Crippen molar-refractivity contribution in [3.8, 4) is 0 Å². The maximum absolute atomic E-state index is 11.5. The van der Waals surface area contributed by atoms with Crippen molar-refractivity contribution >= 4 is 11.9 Å². The van der Waals surface area contributed by atoms with E-state index in [1.54, 1.807) is 0 Å². The van der Waals surface area contributed by atoms with Crippen LogP contribution in [0, 0.1) is 0 Å². The molecule has 188 valence electrons. The summed E-state index contributed by atoms with van der Waals surface area (Å²) in [5.74, 6) is -1.23. The molecule has 18 heteroatoms. The first-order valence-electron chi connectivity index (χ1n) is 9.75. The maximum atomic E-state index is 11.5. The molecule has 2 aromatic heterocycles. The molecule has 8 atom stereocenters. The molecule has 0 aliphatic carbocycles. The summed E-state index contributed by atoms with van der Waals surface area (Å²) in [6, 6.07) is 0. The number of nitrogens with zero attached hydrogens (tertiary/aromatic N) is 6. The maximum Gasteiger partial charge on any atom is 0.354 e. The van der Waals surface area contributed by atoms with Crippen molar-refractivity contribution < 1.29 is 44.9 Å². The van der Waals surface area contributed by atoms with Gasteiger partial charge in [0.25, 0.3) is 5.91 Å². The number of nitrogens with two attached hydrogens (primary N) is 2. The number of amides is 1. The smallest absolute Gasteiger partial charge is 0.354 e. The fourth-order valence-electron chi connectivity index (χ4n) is 3.25. The van der Waals surface area contributed by atoms with Crippen molar-refractivity contribution in [1.29, 1.82) is 0 Å². The third-order valence-electron chi connectivity index (χ3n) is 5.04. The van der Waals surface area contributed by atoms with Crippen molar-refractivity contribution in [1.82, 2.24) is 29.3 Å². The second-order valence-corrected chi connectivity index (χ2v) is 7.27. The Morgan fingerprint density at radius 1 is 0.941 bits per heavy atom. The first-order valence-corrected chi connectivity index (χ1v) is 9.75. The summed E-state index contributed by atoms with van der Waals surface area (Å²) in [6.07, 6.45) is -6.94. The Kier molecular flexibility index (Phi) is 7.84. The van der Waals surface area contributed by atoms with Crippen LogP contribution in [0.2, 0.25) is 0 Å². The van der Waals surface area contributed by atoms with E-state index in [4.69, 9.17) is 31.2 Å². The molecule has 0 bridgehead atoms. The highest BCUT2D eigenvalue weighted by Gasteiger charge is 2.44. The molecule has 2 aliphatic rings. The number of nitrogen functional groups attached to an aromatic ring is 1. The minimum absolute atomic E-state index is 0.196. The molecule has 18 nitrogen and oxygen atoms in total. The van der Waals surface area contributed by atoms with Crippen molar-refractivity contribution in [2.75, 3.05) is 18.9 Å². The van der Waals surface area contributed by atoms with Gasteiger partial charge in [-0.15, -0.1) is 5.10 Å². The molecule has 2 aliphatic heterocycles. The van der Waals surface area contributed by atoms with E-state index in [0.29, 0.717) is 0 Å². The number of aromatic nitrogens is 6. The molecule has 2 saturated heterocycles. The molecule has 0 saturated carbocycles. The first-order chi connectivity index (χ1) is 16.1. The van der Waals surface area contributed by atoms with Crippen LogP contribution in [0.5, 0.6) is 0 Å². The highest BCUT2D eigenvalue weighted by Crippen LogP contribution is 2.29. The van der Waals surface area contributed by atoms with Gasteiger partial charge in [-0.05, 0) is 0 Å². The van der Waals surface area contributed by atoms with Gasteiger partial charge < -0.3 is 51.6 Å². The number of aliphatic hydroxyl groups is 6. The zero-order chi connectivity index (χ0) is 25.2. The summed E-state index contributed by atoms with van der Waals surface area (Å²) in [7, 11) is 0. The number of rotatable bonds is 5. The summed E-state index contributed by atoms with van der Waals surface area (Å²) in [6.45, 7) is -0.911. The predicted octanol–water partition coefficient (Wildman–Crippen LogP) is -6.18. The summed E-state index contributed by atoms with van der Waals surface area (Å²) >= 11 is 0. The van der Waals surface area contributed by atoms with Gasteiger partial charge in [0.05, 0.1) is 13.2 Å². The second-order valence-electron chi connectivity index (χ2n) is 7.27. The number of hydrogen-bond donors (Lipinski definition) is 8. The van der Waals surface area contributed by atoms with Gasteiger partial charge in [-0.3, -0.25) is 9.36 Å². The van der Waals surface area contributed by atoms with Crippen LogP contribution < -0.4 is 17.2 Å². The SMILES string of the molecule is NC(=O)c1ncn([C@@H]2O[C@H](CO)[C@@H](O)[C@H]2O)n1.Nc1ncn([C@@H]2O[C@H](CO)[C@@H](O)[C@H]2O)c(=O)n1. The number of carbonyl (C=O) groups is 1. The molecule has 0 radical (unpaired) electrons. The fraction of sp³-hybridized carbons (Fsp3) is 0.625. The van der Waals surface area contributed by atoms with Gasteiger partial charge >= 0.3 is 5.69 Å². The monoisotopic (exact) mass is 488 g/mol. The predicted molar refractivity (Wildman–Crippen MR) is 105 cm³/mol. The van der Waals surface area contributed by atoms with Crippen LogP contribution in [0.1, 0.15) is 23.1 Å². The van der Waals surface area contributed by atoms with E-state index < -0.39 is 73.9 Å². The number of hydrogen-bond acceptors (Lipinski definition) is 15. The van der Waals surface area contributed by atoms with E-state index >= 15 is 0 Å². The molecule has 2 fully saturated rings. The van der Waals surface area contributed by atoms with Crippen molar-refractivity contribution in [3.63, 3.8) is 0 Å². The second kappa shape index (κ2) is 10.4. The van der Waals surface area contributed by atoms with Crippen LogP contribution in [0.25, 0.3) is 0 Å². The third kappa shape index (κ3) is 5.03. The molecule has 0 spiro atoms. The summed E-state index contributed by atoms with van der Waals surface area (Å²) in [4.78, 5) is 32.8. The van der Waals surface area contributed by atoms with Gasteiger partial charge in [-0.25, -0.2) is 19.4 Å². The van der Waals surface area contributed by atoms with Crippen molar-refractivity contribution in [2.45, 2.75) is 49.1 Å². The Balaban J connectivity index is 0.000000191. The molecule has 0 unspecified atom stereocenters. The molecule has 4 rings (SSSR count). The van der Waals surface area contributed by atoms with E-state index in [-0.39, 0.29) is 11.8 Å².